The van der Waals surface area contributed by atoms with E-state index in [2.05, 4.69) is 21.2 Å². The van der Waals surface area contributed by atoms with Crippen molar-refractivity contribution in [3.05, 3.63) is 58.6 Å². The standard InChI is InChI=1S/C17H16BrNO2/c1-21-15-9-5-2-6-12(15)17(10-11-17)16(20)19-14-8-4-3-7-13(14)18/h2-9H,10-11H2,1H3,(H,19,20). The number of anilines is 1. The van der Waals surface area contributed by atoms with Crippen LogP contribution in [0.25, 0.3) is 0 Å². The number of halogens is 1. The molecule has 1 fully saturated rings. The molecule has 3 nitrogen and oxygen atoms in total. The summed E-state index contributed by atoms with van der Waals surface area (Å²) in [6, 6.07) is 15.4. The van der Waals surface area contributed by atoms with E-state index in [4.69, 9.17) is 4.74 Å². The van der Waals surface area contributed by atoms with Gasteiger partial charge in [-0.15, -0.1) is 0 Å². The highest BCUT2D eigenvalue weighted by Gasteiger charge is 2.52. The van der Waals surface area contributed by atoms with Gasteiger partial charge in [0.15, 0.2) is 0 Å². The minimum atomic E-state index is -0.456. The number of hydrogen-bond acceptors (Lipinski definition) is 2. The third kappa shape index (κ3) is 2.56. The normalized spacial score (nSPS) is 15.3. The predicted octanol–water partition coefficient (Wildman–Crippen LogP) is 4.13. The van der Waals surface area contributed by atoms with Gasteiger partial charge >= 0.3 is 0 Å². The molecule has 0 bridgehead atoms. The summed E-state index contributed by atoms with van der Waals surface area (Å²) in [6.07, 6.45) is 1.70. The fourth-order valence-corrected chi connectivity index (χ4v) is 2.97. The van der Waals surface area contributed by atoms with Crippen LogP contribution in [0.15, 0.2) is 53.0 Å². The number of methoxy groups -OCH3 is 1. The van der Waals surface area contributed by atoms with Crippen molar-refractivity contribution < 1.29 is 9.53 Å². The maximum Gasteiger partial charge on any atom is 0.235 e. The Kier molecular flexibility index (Phi) is 3.72. The van der Waals surface area contributed by atoms with Crippen LogP contribution in [0.5, 0.6) is 5.75 Å². The average Bonchev–Trinajstić information content (AvgIpc) is 3.31. The SMILES string of the molecule is COc1ccccc1C1(C(=O)Nc2ccccc2Br)CC1. The van der Waals surface area contributed by atoms with E-state index in [1.165, 1.54) is 0 Å². The first-order valence-corrected chi connectivity index (χ1v) is 7.66. The Morgan fingerprint density at radius 1 is 1.14 bits per heavy atom. The molecule has 1 aliphatic rings. The monoisotopic (exact) mass is 345 g/mol. The molecule has 4 heteroatoms. The molecule has 0 radical (unpaired) electrons. The van der Waals surface area contributed by atoms with Gasteiger partial charge in [0.1, 0.15) is 5.75 Å². The van der Waals surface area contributed by atoms with E-state index in [0.29, 0.717) is 0 Å². The van der Waals surface area contributed by atoms with Gasteiger partial charge in [-0.1, -0.05) is 30.3 Å². The zero-order valence-corrected chi connectivity index (χ0v) is 13.3. The van der Waals surface area contributed by atoms with Crippen molar-refractivity contribution in [2.24, 2.45) is 0 Å². The van der Waals surface area contributed by atoms with E-state index in [-0.39, 0.29) is 5.91 Å². The Bertz CT molecular complexity index is 680. The van der Waals surface area contributed by atoms with Gasteiger partial charge in [0, 0.05) is 10.0 Å². The molecule has 0 aromatic heterocycles. The summed E-state index contributed by atoms with van der Waals surface area (Å²) in [5.41, 5.74) is 1.31. The lowest BCUT2D eigenvalue weighted by atomic mass is 9.94. The largest absolute Gasteiger partial charge is 0.496 e. The zero-order valence-electron chi connectivity index (χ0n) is 11.7. The molecule has 0 unspecified atom stereocenters. The van der Waals surface area contributed by atoms with Crippen molar-refractivity contribution in [2.75, 3.05) is 12.4 Å². The fourth-order valence-electron chi connectivity index (χ4n) is 2.59. The zero-order chi connectivity index (χ0) is 14.9. The van der Waals surface area contributed by atoms with E-state index in [1.807, 2.05) is 48.5 Å². The van der Waals surface area contributed by atoms with Crippen LogP contribution in [0.4, 0.5) is 5.69 Å². The van der Waals surface area contributed by atoms with Crippen LogP contribution >= 0.6 is 15.9 Å². The highest BCUT2D eigenvalue weighted by Crippen LogP contribution is 2.52. The van der Waals surface area contributed by atoms with Crippen LogP contribution in [0.2, 0.25) is 0 Å². The Hall–Kier alpha value is -1.81. The minimum absolute atomic E-state index is 0.0268. The lowest BCUT2D eigenvalue weighted by Crippen LogP contribution is -2.28. The summed E-state index contributed by atoms with van der Waals surface area (Å²) >= 11 is 3.46. The van der Waals surface area contributed by atoms with Crippen molar-refractivity contribution >= 4 is 27.5 Å². The van der Waals surface area contributed by atoms with Crippen LogP contribution in [-0.2, 0) is 10.2 Å². The summed E-state index contributed by atoms with van der Waals surface area (Å²) in [7, 11) is 1.64. The van der Waals surface area contributed by atoms with Crippen molar-refractivity contribution in [2.45, 2.75) is 18.3 Å². The molecule has 2 aromatic carbocycles. The maximum atomic E-state index is 12.7. The average molecular weight is 346 g/mol. The number of nitrogens with one attached hydrogen (secondary N) is 1. The molecule has 1 aliphatic carbocycles. The van der Waals surface area contributed by atoms with E-state index in [1.54, 1.807) is 7.11 Å². The first-order valence-electron chi connectivity index (χ1n) is 6.87. The fraction of sp³-hybridized carbons (Fsp3) is 0.235. The first kappa shape index (κ1) is 14.1. The molecule has 0 saturated heterocycles. The minimum Gasteiger partial charge on any atom is -0.496 e. The van der Waals surface area contributed by atoms with Gasteiger partial charge in [0.25, 0.3) is 0 Å². The molecule has 1 N–H and O–H groups in total. The van der Waals surface area contributed by atoms with E-state index in [9.17, 15) is 4.79 Å². The number of benzene rings is 2. The third-order valence-electron chi connectivity index (χ3n) is 3.93. The molecule has 0 aliphatic heterocycles. The molecule has 1 amide bonds. The third-order valence-corrected chi connectivity index (χ3v) is 4.62. The smallest absolute Gasteiger partial charge is 0.235 e. The second kappa shape index (κ2) is 5.53. The molecule has 21 heavy (non-hydrogen) atoms. The van der Waals surface area contributed by atoms with Gasteiger partial charge < -0.3 is 10.1 Å². The topological polar surface area (TPSA) is 38.3 Å². The Balaban J connectivity index is 1.89. The molecule has 3 rings (SSSR count). The number of para-hydroxylation sites is 2. The maximum absolute atomic E-state index is 12.7. The van der Waals surface area contributed by atoms with Crippen LogP contribution in [-0.4, -0.2) is 13.0 Å². The van der Waals surface area contributed by atoms with Crippen LogP contribution in [0, 0.1) is 0 Å². The molecule has 108 valence electrons. The Morgan fingerprint density at radius 3 is 2.48 bits per heavy atom. The van der Waals surface area contributed by atoms with E-state index < -0.39 is 5.41 Å². The van der Waals surface area contributed by atoms with Crippen molar-refractivity contribution in [3.63, 3.8) is 0 Å². The van der Waals surface area contributed by atoms with Gasteiger partial charge in [-0.3, -0.25) is 4.79 Å². The quantitative estimate of drug-likeness (QED) is 0.904. The highest BCUT2D eigenvalue weighted by molar-refractivity contribution is 9.10. The number of rotatable bonds is 4. The molecular weight excluding hydrogens is 330 g/mol. The molecular formula is C17H16BrNO2. The molecule has 2 aromatic rings. The molecule has 1 saturated carbocycles. The van der Waals surface area contributed by atoms with E-state index in [0.717, 1.165) is 34.3 Å². The summed E-state index contributed by atoms with van der Waals surface area (Å²) in [5.74, 6) is 0.802. The summed E-state index contributed by atoms with van der Waals surface area (Å²) in [6.45, 7) is 0. The van der Waals surface area contributed by atoms with Gasteiger partial charge in [-0.05, 0) is 47.0 Å². The van der Waals surface area contributed by atoms with Crippen molar-refractivity contribution in [3.8, 4) is 5.75 Å². The van der Waals surface area contributed by atoms with E-state index >= 15 is 0 Å². The molecule has 0 atom stereocenters. The summed E-state index contributed by atoms with van der Waals surface area (Å²) < 4.78 is 6.29. The van der Waals surface area contributed by atoms with Crippen molar-refractivity contribution in [1.29, 1.82) is 0 Å². The van der Waals surface area contributed by atoms with Crippen LogP contribution in [0.1, 0.15) is 18.4 Å². The second-order valence-electron chi connectivity index (χ2n) is 5.22. The number of amides is 1. The van der Waals surface area contributed by atoms with Gasteiger partial charge in [0.05, 0.1) is 18.2 Å². The number of carbonyl (C=O) groups excluding carboxylic acids is 1. The summed E-state index contributed by atoms with van der Waals surface area (Å²) in [5, 5.41) is 3.02. The molecule has 0 heterocycles. The predicted molar refractivity (Wildman–Crippen MR) is 86.7 cm³/mol. The van der Waals surface area contributed by atoms with Crippen molar-refractivity contribution in [1.82, 2.24) is 0 Å². The number of carbonyl (C=O) groups is 1. The molecule has 0 spiro atoms. The highest BCUT2D eigenvalue weighted by atomic mass is 79.9. The van der Waals surface area contributed by atoms with Gasteiger partial charge in [-0.2, -0.15) is 0 Å². The number of hydrogen-bond donors (Lipinski definition) is 1. The van der Waals surface area contributed by atoms with Crippen LogP contribution in [0.3, 0.4) is 0 Å². The van der Waals surface area contributed by atoms with Gasteiger partial charge in [-0.25, -0.2) is 0 Å². The van der Waals surface area contributed by atoms with Crippen LogP contribution < -0.4 is 10.1 Å². The lowest BCUT2D eigenvalue weighted by molar-refractivity contribution is -0.118. The number of ether oxygens (including phenoxy) is 1. The first-order chi connectivity index (χ1) is 10.2. The van der Waals surface area contributed by atoms with Gasteiger partial charge in [0.2, 0.25) is 5.91 Å². The lowest BCUT2D eigenvalue weighted by Gasteiger charge is -2.19. The summed E-state index contributed by atoms with van der Waals surface area (Å²) in [4.78, 5) is 12.7. The Labute approximate surface area is 132 Å². The Morgan fingerprint density at radius 2 is 1.81 bits per heavy atom. The second-order valence-corrected chi connectivity index (χ2v) is 6.07.